The highest BCUT2D eigenvalue weighted by molar-refractivity contribution is 6.39. The van der Waals surface area contributed by atoms with Crippen LogP contribution in [0.1, 0.15) is 28.6 Å². The molecule has 10 heteroatoms. The SMILES string of the molecule is COc1ccc(-c2c(Cl)cncc2Cl)c2c(C(N)=O)c(C(C)=NOCc3ccncc3)oc12. The van der Waals surface area contributed by atoms with Crippen LogP contribution in [0, 0.1) is 0 Å². The molecule has 3 heterocycles. The molecule has 0 fully saturated rings. The Kier molecular flexibility index (Phi) is 6.48. The first kappa shape index (κ1) is 22.6. The fraction of sp³-hybridized carbons (Fsp3) is 0.130. The number of nitrogens with zero attached hydrogens (tertiary/aromatic N) is 3. The molecule has 0 atom stereocenters. The van der Waals surface area contributed by atoms with E-state index in [4.69, 9.17) is 42.9 Å². The Morgan fingerprint density at radius 2 is 1.82 bits per heavy atom. The number of primary amides is 1. The largest absolute Gasteiger partial charge is 0.493 e. The normalized spacial score (nSPS) is 11.6. The van der Waals surface area contributed by atoms with Gasteiger partial charge in [0.15, 0.2) is 17.1 Å². The minimum Gasteiger partial charge on any atom is -0.493 e. The number of pyridine rings is 2. The van der Waals surface area contributed by atoms with Crippen LogP contribution in [0.2, 0.25) is 10.0 Å². The smallest absolute Gasteiger partial charge is 0.253 e. The number of ether oxygens (including phenoxy) is 1. The molecule has 0 bridgehead atoms. The van der Waals surface area contributed by atoms with Gasteiger partial charge in [0.05, 0.1) is 22.7 Å². The molecule has 0 spiro atoms. The van der Waals surface area contributed by atoms with E-state index >= 15 is 0 Å². The van der Waals surface area contributed by atoms with Gasteiger partial charge in [-0.15, -0.1) is 0 Å². The lowest BCUT2D eigenvalue weighted by Gasteiger charge is -2.10. The van der Waals surface area contributed by atoms with E-state index in [1.165, 1.54) is 19.5 Å². The molecule has 0 saturated heterocycles. The molecule has 0 aliphatic rings. The monoisotopic (exact) mass is 484 g/mol. The molecule has 1 aromatic carbocycles. The summed E-state index contributed by atoms with van der Waals surface area (Å²) in [7, 11) is 1.49. The molecule has 8 nitrogen and oxygen atoms in total. The second-order valence-corrected chi connectivity index (χ2v) is 7.79. The fourth-order valence-corrected chi connectivity index (χ4v) is 4.00. The maximum Gasteiger partial charge on any atom is 0.253 e. The van der Waals surface area contributed by atoms with Crippen molar-refractivity contribution in [2.75, 3.05) is 7.11 Å². The van der Waals surface area contributed by atoms with E-state index in [0.29, 0.717) is 43.6 Å². The summed E-state index contributed by atoms with van der Waals surface area (Å²) in [6.45, 7) is 1.86. The van der Waals surface area contributed by atoms with Crippen LogP contribution in [0.5, 0.6) is 5.75 Å². The number of fused-ring (bicyclic) bond motifs is 1. The van der Waals surface area contributed by atoms with Gasteiger partial charge in [-0.3, -0.25) is 14.8 Å². The van der Waals surface area contributed by atoms with Gasteiger partial charge in [-0.05, 0) is 42.3 Å². The third-order valence-electron chi connectivity index (χ3n) is 4.90. The highest BCUT2D eigenvalue weighted by atomic mass is 35.5. The number of carbonyl (C=O) groups excluding carboxylic acids is 1. The summed E-state index contributed by atoms with van der Waals surface area (Å²) in [5.41, 5.74) is 8.40. The van der Waals surface area contributed by atoms with Crippen molar-refractivity contribution in [1.82, 2.24) is 9.97 Å². The first-order chi connectivity index (χ1) is 15.9. The molecule has 168 valence electrons. The first-order valence-electron chi connectivity index (χ1n) is 9.70. The van der Waals surface area contributed by atoms with Gasteiger partial charge in [-0.25, -0.2) is 0 Å². The third kappa shape index (κ3) is 4.35. The van der Waals surface area contributed by atoms with E-state index in [1.54, 1.807) is 43.6 Å². The third-order valence-corrected chi connectivity index (χ3v) is 5.48. The summed E-state index contributed by atoms with van der Waals surface area (Å²) >= 11 is 12.8. The zero-order valence-electron chi connectivity index (χ0n) is 17.6. The molecule has 3 aromatic heterocycles. The fourth-order valence-electron chi connectivity index (χ4n) is 3.43. The van der Waals surface area contributed by atoms with Crippen molar-refractivity contribution in [3.63, 3.8) is 0 Å². The highest BCUT2D eigenvalue weighted by Crippen LogP contribution is 2.44. The molecule has 1 amide bonds. The van der Waals surface area contributed by atoms with Gasteiger partial charge in [-0.1, -0.05) is 28.4 Å². The number of hydrogen-bond acceptors (Lipinski definition) is 7. The van der Waals surface area contributed by atoms with Gasteiger partial charge in [0.2, 0.25) is 0 Å². The number of halogens is 2. The number of hydrogen-bond donors (Lipinski definition) is 1. The molecule has 2 N–H and O–H groups in total. The van der Waals surface area contributed by atoms with Crippen molar-refractivity contribution in [2.45, 2.75) is 13.5 Å². The number of nitrogens with two attached hydrogens (primary N) is 1. The second-order valence-electron chi connectivity index (χ2n) is 6.97. The number of furan rings is 1. The van der Waals surface area contributed by atoms with Crippen LogP contribution in [0.4, 0.5) is 0 Å². The van der Waals surface area contributed by atoms with E-state index in [-0.39, 0.29) is 17.9 Å². The highest BCUT2D eigenvalue weighted by Gasteiger charge is 2.27. The summed E-state index contributed by atoms with van der Waals surface area (Å²) in [6, 6.07) is 7.03. The number of carbonyl (C=O) groups is 1. The molecule has 0 aliphatic carbocycles. The first-order valence-corrected chi connectivity index (χ1v) is 10.5. The summed E-state index contributed by atoms with van der Waals surface area (Å²) in [4.78, 5) is 26.0. The number of amides is 1. The average molecular weight is 485 g/mol. The summed E-state index contributed by atoms with van der Waals surface area (Å²) < 4.78 is 11.5. The Morgan fingerprint density at radius 3 is 2.45 bits per heavy atom. The molecule has 0 saturated carbocycles. The average Bonchev–Trinajstić information content (AvgIpc) is 3.21. The van der Waals surface area contributed by atoms with Gasteiger partial charge in [0.1, 0.15) is 12.3 Å². The maximum absolute atomic E-state index is 12.6. The minimum absolute atomic E-state index is 0.108. The van der Waals surface area contributed by atoms with Crippen LogP contribution in [0.25, 0.3) is 22.1 Å². The van der Waals surface area contributed by atoms with E-state index in [9.17, 15) is 4.79 Å². The Balaban J connectivity index is 1.89. The van der Waals surface area contributed by atoms with Gasteiger partial charge in [0, 0.05) is 35.7 Å². The van der Waals surface area contributed by atoms with Crippen molar-refractivity contribution in [3.8, 4) is 16.9 Å². The molecule has 0 unspecified atom stereocenters. The Hall–Kier alpha value is -3.62. The van der Waals surface area contributed by atoms with Crippen molar-refractivity contribution in [1.29, 1.82) is 0 Å². The van der Waals surface area contributed by atoms with Crippen LogP contribution in [-0.4, -0.2) is 28.7 Å². The zero-order chi connectivity index (χ0) is 23.5. The number of methoxy groups -OCH3 is 1. The standard InChI is InChI=1S/C23H18Cl2N4O4/c1-12(29-32-11-13-5-7-27-8-6-13)21-20(23(26)30)19-14(3-4-17(31-2)22(19)33-21)18-15(24)9-28-10-16(18)25/h3-10H,11H2,1-2H3,(H2,26,30). The van der Waals surface area contributed by atoms with Crippen molar-refractivity contribution in [3.05, 3.63) is 76.0 Å². The molecule has 4 aromatic rings. The van der Waals surface area contributed by atoms with Crippen LogP contribution < -0.4 is 10.5 Å². The second kappa shape index (κ2) is 9.48. The number of aromatic nitrogens is 2. The predicted molar refractivity (Wildman–Crippen MR) is 126 cm³/mol. The molecule has 0 aliphatic heterocycles. The minimum atomic E-state index is -0.719. The van der Waals surface area contributed by atoms with Crippen molar-refractivity contribution in [2.24, 2.45) is 10.9 Å². The van der Waals surface area contributed by atoms with Crippen LogP contribution in [0.3, 0.4) is 0 Å². The lowest BCUT2D eigenvalue weighted by atomic mass is 9.97. The van der Waals surface area contributed by atoms with Crippen LogP contribution in [0.15, 0.2) is 58.6 Å². The van der Waals surface area contributed by atoms with Gasteiger partial charge < -0.3 is 19.7 Å². The van der Waals surface area contributed by atoms with E-state index in [2.05, 4.69) is 15.1 Å². The Bertz CT molecular complexity index is 1350. The predicted octanol–water partition coefficient (Wildman–Crippen LogP) is 5.24. The van der Waals surface area contributed by atoms with Crippen molar-refractivity contribution >= 4 is 45.8 Å². The summed E-state index contributed by atoms with van der Waals surface area (Å²) in [5.74, 6) is -0.170. The molecule has 33 heavy (non-hydrogen) atoms. The Labute approximate surface area is 198 Å². The maximum atomic E-state index is 12.6. The Morgan fingerprint density at radius 1 is 1.12 bits per heavy atom. The summed E-state index contributed by atoms with van der Waals surface area (Å²) in [6.07, 6.45) is 6.23. The quantitative estimate of drug-likeness (QED) is 0.283. The van der Waals surface area contributed by atoms with Crippen LogP contribution in [-0.2, 0) is 11.4 Å². The number of benzene rings is 1. The molecule has 4 rings (SSSR count). The summed E-state index contributed by atoms with van der Waals surface area (Å²) in [5, 5.41) is 5.12. The zero-order valence-corrected chi connectivity index (χ0v) is 19.1. The lowest BCUT2D eigenvalue weighted by Crippen LogP contribution is -2.14. The van der Waals surface area contributed by atoms with E-state index in [0.717, 1.165) is 5.56 Å². The van der Waals surface area contributed by atoms with E-state index in [1.807, 2.05) is 0 Å². The number of oxime groups is 1. The number of rotatable bonds is 7. The topological polar surface area (TPSA) is 113 Å². The lowest BCUT2D eigenvalue weighted by molar-refractivity contribution is 0.100. The van der Waals surface area contributed by atoms with Crippen LogP contribution >= 0.6 is 23.2 Å². The molecule has 0 radical (unpaired) electrons. The van der Waals surface area contributed by atoms with Crippen molar-refractivity contribution < 1.29 is 18.8 Å². The van der Waals surface area contributed by atoms with Gasteiger partial charge in [0.25, 0.3) is 5.91 Å². The van der Waals surface area contributed by atoms with Gasteiger partial charge >= 0.3 is 0 Å². The molecular formula is C23H18Cl2N4O4. The molecular weight excluding hydrogens is 467 g/mol. The van der Waals surface area contributed by atoms with E-state index < -0.39 is 5.91 Å². The van der Waals surface area contributed by atoms with Gasteiger partial charge in [-0.2, -0.15) is 0 Å².